The van der Waals surface area contributed by atoms with E-state index in [1.807, 2.05) is 51.4 Å². The smallest absolute Gasteiger partial charge is 0.168 e. The summed E-state index contributed by atoms with van der Waals surface area (Å²) in [6.45, 7) is 3.58. The van der Waals surface area contributed by atoms with Gasteiger partial charge in [-0.3, -0.25) is 9.79 Å². The second-order valence-corrected chi connectivity index (χ2v) is 4.39. The van der Waals surface area contributed by atoms with Gasteiger partial charge in [-0.05, 0) is 21.0 Å². The minimum atomic E-state index is 0.136. The molecule has 0 aromatic heterocycles. The molecule has 0 saturated heterocycles. The summed E-state index contributed by atoms with van der Waals surface area (Å²) < 4.78 is 0. The molecule has 92 valence electrons. The van der Waals surface area contributed by atoms with Crippen LogP contribution >= 0.6 is 0 Å². The van der Waals surface area contributed by atoms with Crippen molar-refractivity contribution in [2.24, 2.45) is 4.99 Å². The van der Waals surface area contributed by atoms with Gasteiger partial charge < -0.3 is 4.90 Å². The third kappa shape index (κ3) is 5.41. The molecule has 0 saturated carbocycles. The Kier molecular flexibility index (Phi) is 5.57. The number of aliphatic imine (C=N–C) groups is 1. The Morgan fingerprint density at radius 3 is 2.47 bits per heavy atom. The van der Waals surface area contributed by atoms with E-state index in [4.69, 9.17) is 0 Å². The van der Waals surface area contributed by atoms with Crippen LogP contribution in [0.4, 0.5) is 0 Å². The molecule has 0 aliphatic carbocycles. The van der Waals surface area contributed by atoms with Gasteiger partial charge >= 0.3 is 0 Å². The van der Waals surface area contributed by atoms with Gasteiger partial charge in [0.05, 0.1) is 6.54 Å². The van der Waals surface area contributed by atoms with E-state index in [1.165, 1.54) is 0 Å². The summed E-state index contributed by atoms with van der Waals surface area (Å²) in [6, 6.07) is 9.36. The first kappa shape index (κ1) is 13.6. The van der Waals surface area contributed by atoms with Gasteiger partial charge in [0.15, 0.2) is 5.78 Å². The van der Waals surface area contributed by atoms with E-state index in [-0.39, 0.29) is 5.78 Å². The number of carbonyl (C=O) groups excluding carboxylic acids is 1. The number of carbonyl (C=O) groups is 1. The van der Waals surface area contributed by atoms with Crippen LogP contribution in [0.25, 0.3) is 0 Å². The average Bonchev–Trinajstić information content (AvgIpc) is 2.29. The molecule has 17 heavy (non-hydrogen) atoms. The molecule has 3 heteroatoms. The number of nitrogens with zero attached hydrogens (tertiary/aromatic N) is 2. The molecule has 0 spiro atoms. The van der Waals surface area contributed by atoms with Crippen LogP contribution in [0, 0.1) is 0 Å². The van der Waals surface area contributed by atoms with E-state index in [2.05, 4.69) is 9.89 Å². The van der Waals surface area contributed by atoms with Crippen molar-refractivity contribution in [2.75, 3.05) is 27.2 Å². The maximum Gasteiger partial charge on any atom is 0.168 e. The summed E-state index contributed by atoms with van der Waals surface area (Å²) in [5.74, 6) is 0.136. The van der Waals surface area contributed by atoms with Crippen molar-refractivity contribution in [2.45, 2.75) is 13.3 Å². The molecule has 3 nitrogen and oxygen atoms in total. The number of hydrogen-bond donors (Lipinski definition) is 0. The van der Waals surface area contributed by atoms with E-state index in [1.54, 1.807) is 0 Å². The summed E-state index contributed by atoms with van der Waals surface area (Å²) >= 11 is 0. The third-order valence-electron chi connectivity index (χ3n) is 2.44. The number of likely N-dealkylation sites (N-methyl/N-ethyl adjacent to an activating group) is 1. The molecule has 0 heterocycles. The Balaban J connectivity index is 2.46. The van der Waals surface area contributed by atoms with Crippen LogP contribution in [-0.2, 0) is 0 Å². The Morgan fingerprint density at radius 1 is 1.24 bits per heavy atom. The van der Waals surface area contributed by atoms with Crippen LogP contribution in [0.2, 0.25) is 0 Å². The SMILES string of the molecule is CC(CC(=O)c1ccccc1)=NCCN(C)C. The van der Waals surface area contributed by atoms with Gasteiger partial charge in [0, 0.05) is 24.2 Å². The van der Waals surface area contributed by atoms with Crippen molar-refractivity contribution in [1.29, 1.82) is 0 Å². The fourth-order valence-corrected chi connectivity index (χ4v) is 1.46. The number of hydrogen-bond acceptors (Lipinski definition) is 3. The first-order valence-electron chi connectivity index (χ1n) is 5.82. The summed E-state index contributed by atoms with van der Waals surface area (Å²) in [4.78, 5) is 18.3. The Morgan fingerprint density at radius 2 is 1.88 bits per heavy atom. The highest BCUT2D eigenvalue weighted by molar-refractivity contribution is 6.08. The molecule has 0 radical (unpaired) electrons. The summed E-state index contributed by atoms with van der Waals surface area (Å²) in [7, 11) is 4.03. The van der Waals surface area contributed by atoms with Crippen molar-refractivity contribution in [1.82, 2.24) is 4.90 Å². The van der Waals surface area contributed by atoms with Crippen molar-refractivity contribution >= 4 is 11.5 Å². The molecule has 0 N–H and O–H groups in total. The predicted molar refractivity (Wildman–Crippen MR) is 71.9 cm³/mol. The Bertz CT molecular complexity index is 382. The number of ketones is 1. The molecule has 0 aliphatic heterocycles. The topological polar surface area (TPSA) is 32.7 Å². The van der Waals surface area contributed by atoms with E-state index in [9.17, 15) is 4.79 Å². The molecule has 1 aromatic carbocycles. The van der Waals surface area contributed by atoms with Gasteiger partial charge in [0.2, 0.25) is 0 Å². The lowest BCUT2D eigenvalue weighted by Crippen LogP contribution is -2.16. The number of rotatable bonds is 6. The molecule has 0 bridgehead atoms. The highest BCUT2D eigenvalue weighted by atomic mass is 16.1. The van der Waals surface area contributed by atoms with Gasteiger partial charge in [-0.25, -0.2) is 0 Å². The lowest BCUT2D eigenvalue weighted by atomic mass is 10.1. The van der Waals surface area contributed by atoms with Crippen LogP contribution in [-0.4, -0.2) is 43.6 Å². The molecule has 0 aliphatic rings. The largest absolute Gasteiger partial charge is 0.308 e. The van der Waals surface area contributed by atoms with Gasteiger partial charge in [0.1, 0.15) is 0 Å². The van der Waals surface area contributed by atoms with E-state index < -0.39 is 0 Å². The van der Waals surface area contributed by atoms with Gasteiger partial charge in [0.25, 0.3) is 0 Å². The van der Waals surface area contributed by atoms with E-state index >= 15 is 0 Å². The first-order chi connectivity index (χ1) is 8.09. The minimum absolute atomic E-state index is 0.136. The maximum absolute atomic E-state index is 11.9. The summed E-state index contributed by atoms with van der Waals surface area (Å²) in [5, 5.41) is 0. The van der Waals surface area contributed by atoms with E-state index in [0.29, 0.717) is 6.42 Å². The average molecular weight is 232 g/mol. The lowest BCUT2D eigenvalue weighted by Gasteiger charge is -2.07. The first-order valence-corrected chi connectivity index (χ1v) is 5.82. The number of Topliss-reactive ketones (excluding diaryl/α,β-unsaturated/α-hetero) is 1. The summed E-state index contributed by atoms with van der Waals surface area (Å²) in [6.07, 6.45) is 0.414. The highest BCUT2D eigenvalue weighted by Gasteiger charge is 2.06. The van der Waals surface area contributed by atoms with Crippen molar-refractivity contribution in [3.8, 4) is 0 Å². The minimum Gasteiger partial charge on any atom is -0.308 e. The molecule has 0 amide bonds. The zero-order valence-corrected chi connectivity index (χ0v) is 10.8. The van der Waals surface area contributed by atoms with Crippen LogP contribution in [0.15, 0.2) is 35.3 Å². The number of benzene rings is 1. The van der Waals surface area contributed by atoms with Crippen molar-refractivity contribution in [3.05, 3.63) is 35.9 Å². The zero-order chi connectivity index (χ0) is 12.7. The second kappa shape index (κ2) is 6.97. The monoisotopic (exact) mass is 232 g/mol. The zero-order valence-electron chi connectivity index (χ0n) is 10.8. The molecule has 0 unspecified atom stereocenters. The highest BCUT2D eigenvalue weighted by Crippen LogP contribution is 2.03. The predicted octanol–water partition coefficient (Wildman–Crippen LogP) is 2.28. The normalized spacial score (nSPS) is 11.9. The lowest BCUT2D eigenvalue weighted by molar-refractivity contribution is 0.100. The van der Waals surface area contributed by atoms with Gasteiger partial charge in [-0.2, -0.15) is 0 Å². The quantitative estimate of drug-likeness (QED) is 0.557. The van der Waals surface area contributed by atoms with Crippen LogP contribution in [0.3, 0.4) is 0 Å². The Hall–Kier alpha value is -1.48. The van der Waals surface area contributed by atoms with Crippen LogP contribution in [0.1, 0.15) is 23.7 Å². The second-order valence-electron chi connectivity index (χ2n) is 4.39. The Labute approximate surface area is 103 Å². The third-order valence-corrected chi connectivity index (χ3v) is 2.44. The summed E-state index contributed by atoms with van der Waals surface area (Å²) in [5.41, 5.74) is 1.66. The van der Waals surface area contributed by atoms with Crippen molar-refractivity contribution < 1.29 is 4.79 Å². The standard InChI is InChI=1S/C14H20N2O/c1-12(15-9-10-16(2)3)11-14(17)13-7-5-4-6-8-13/h4-8H,9-11H2,1-3H3. The molecule has 1 rings (SSSR count). The van der Waals surface area contributed by atoms with Gasteiger partial charge in [-0.15, -0.1) is 0 Å². The maximum atomic E-state index is 11.9. The molecule has 0 atom stereocenters. The van der Waals surface area contributed by atoms with Gasteiger partial charge in [-0.1, -0.05) is 30.3 Å². The molecular formula is C14H20N2O. The van der Waals surface area contributed by atoms with Crippen molar-refractivity contribution in [3.63, 3.8) is 0 Å². The molecule has 0 fully saturated rings. The molecular weight excluding hydrogens is 212 g/mol. The fourth-order valence-electron chi connectivity index (χ4n) is 1.46. The molecule has 1 aromatic rings. The fraction of sp³-hybridized carbons (Fsp3) is 0.429. The van der Waals surface area contributed by atoms with E-state index in [0.717, 1.165) is 24.4 Å². The van der Waals surface area contributed by atoms with Crippen LogP contribution in [0.5, 0.6) is 0 Å². The van der Waals surface area contributed by atoms with Crippen LogP contribution < -0.4 is 0 Å².